The van der Waals surface area contributed by atoms with Gasteiger partial charge in [-0.05, 0) is 52.5 Å². The van der Waals surface area contributed by atoms with Gasteiger partial charge in [0.15, 0.2) is 11.5 Å². The number of hydrogen-bond acceptors (Lipinski definition) is 4. The monoisotopic (exact) mass is 359 g/mol. The molecule has 21 heavy (non-hydrogen) atoms. The highest BCUT2D eigenvalue weighted by molar-refractivity contribution is 9.10. The first kappa shape index (κ1) is 18.3. The van der Waals surface area contributed by atoms with Crippen LogP contribution in [0.1, 0.15) is 25.8 Å². The van der Waals surface area contributed by atoms with Crippen molar-refractivity contribution < 1.29 is 14.2 Å². The van der Waals surface area contributed by atoms with E-state index in [-0.39, 0.29) is 0 Å². The fourth-order valence-corrected chi connectivity index (χ4v) is 2.58. The van der Waals surface area contributed by atoms with E-state index in [0.29, 0.717) is 5.92 Å². The minimum Gasteiger partial charge on any atom is -0.493 e. The Hall–Kier alpha value is -0.780. The highest BCUT2D eigenvalue weighted by atomic mass is 79.9. The summed E-state index contributed by atoms with van der Waals surface area (Å²) in [4.78, 5) is 0. The normalized spacial score (nSPS) is 11.0. The lowest BCUT2D eigenvalue weighted by Gasteiger charge is -2.12. The third-order valence-electron chi connectivity index (χ3n) is 2.92. The van der Waals surface area contributed by atoms with E-state index in [1.165, 1.54) is 0 Å². The van der Waals surface area contributed by atoms with E-state index in [4.69, 9.17) is 14.2 Å². The third-order valence-corrected chi connectivity index (χ3v) is 3.50. The van der Waals surface area contributed by atoms with Gasteiger partial charge in [-0.2, -0.15) is 0 Å². The molecule has 0 aliphatic carbocycles. The first-order chi connectivity index (χ1) is 10.1. The van der Waals surface area contributed by atoms with Crippen molar-refractivity contribution >= 4 is 15.9 Å². The van der Waals surface area contributed by atoms with Crippen molar-refractivity contribution in [3.63, 3.8) is 0 Å². The predicted octanol–water partition coefficient (Wildman–Crippen LogP) is 3.62. The predicted molar refractivity (Wildman–Crippen MR) is 89.2 cm³/mol. The van der Waals surface area contributed by atoms with Crippen LogP contribution in [-0.4, -0.2) is 34.0 Å². The van der Waals surface area contributed by atoms with Gasteiger partial charge in [0, 0.05) is 19.8 Å². The highest BCUT2D eigenvalue weighted by Gasteiger charge is 2.10. The van der Waals surface area contributed by atoms with Crippen LogP contribution < -0.4 is 14.8 Å². The summed E-state index contributed by atoms with van der Waals surface area (Å²) in [7, 11) is 3.28. The average Bonchev–Trinajstić information content (AvgIpc) is 2.45. The number of benzene rings is 1. The molecule has 0 heterocycles. The molecule has 1 aromatic carbocycles. The molecular formula is C16H26BrNO3. The molecule has 0 aromatic heterocycles. The number of nitrogens with one attached hydrogen (secondary N) is 1. The van der Waals surface area contributed by atoms with Gasteiger partial charge in [0.1, 0.15) is 0 Å². The van der Waals surface area contributed by atoms with Crippen molar-refractivity contribution in [2.45, 2.75) is 26.8 Å². The van der Waals surface area contributed by atoms with Gasteiger partial charge in [-0.3, -0.25) is 0 Å². The Labute approximate surface area is 136 Å². The summed E-state index contributed by atoms with van der Waals surface area (Å²) < 4.78 is 17.1. The number of halogens is 1. The zero-order valence-electron chi connectivity index (χ0n) is 13.4. The number of methoxy groups -OCH3 is 2. The van der Waals surface area contributed by atoms with E-state index < -0.39 is 0 Å². The van der Waals surface area contributed by atoms with Crippen LogP contribution in [-0.2, 0) is 11.3 Å². The largest absolute Gasteiger partial charge is 0.493 e. The molecule has 0 spiro atoms. The maximum absolute atomic E-state index is 5.55. The Morgan fingerprint density at radius 1 is 1.19 bits per heavy atom. The van der Waals surface area contributed by atoms with Gasteiger partial charge < -0.3 is 19.5 Å². The second kappa shape index (κ2) is 10.0. The minimum absolute atomic E-state index is 0.599. The van der Waals surface area contributed by atoms with Gasteiger partial charge in [-0.25, -0.2) is 0 Å². The molecule has 0 aliphatic heterocycles. The van der Waals surface area contributed by atoms with Crippen LogP contribution in [0.4, 0.5) is 0 Å². The second-order valence-electron chi connectivity index (χ2n) is 5.31. The first-order valence-electron chi connectivity index (χ1n) is 7.27. The summed E-state index contributed by atoms with van der Waals surface area (Å²) in [5.41, 5.74) is 1.16. The minimum atomic E-state index is 0.599. The van der Waals surface area contributed by atoms with E-state index in [9.17, 15) is 0 Å². The molecule has 0 atom stereocenters. The SMILES string of the molecule is COc1cc(CNCCCOCC(C)C)cc(Br)c1OC. The van der Waals surface area contributed by atoms with Crippen LogP contribution in [0.25, 0.3) is 0 Å². The molecule has 0 saturated carbocycles. The lowest BCUT2D eigenvalue weighted by molar-refractivity contribution is 0.108. The quantitative estimate of drug-likeness (QED) is 0.647. The summed E-state index contributed by atoms with van der Waals surface area (Å²) in [5.74, 6) is 2.06. The highest BCUT2D eigenvalue weighted by Crippen LogP contribution is 2.36. The average molecular weight is 360 g/mol. The molecule has 5 heteroatoms. The van der Waals surface area contributed by atoms with Gasteiger partial charge >= 0.3 is 0 Å². The molecule has 1 rings (SSSR count). The maximum atomic E-state index is 5.55. The van der Waals surface area contributed by atoms with Gasteiger partial charge in [-0.15, -0.1) is 0 Å². The molecule has 0 unspecified atom stereocenters. The van der Waals surface area contributed by atoms with E-state index in [2.05, 4.69) is 35.1 Å². The Morgan fingerprint density at radius 3 is 2.57 bits per heavy atom. The fraction of sp³-hybridized carbons (Fsp3) is 0.625. The van der Waals surface area contributed by atoms with Crippen LogP contribution >= 0.6 is 15.9 Å². The summed E-state index contributed by atoms with van der Waals surface area (Å²) >= 11 is 3.50. The number of ether oxygens (including phenoxy) is 3. The molecule has 0 aliphatic rings. The molecule has 0 saturated heterocycles. The van der Waals surface area contributed by atoms with Gasteiger partial charge in [0.05, 0.1) is 18.7 Å². The molecule has 1 N–H and O–H groups in total. The molecule has 4 nitrogen and oxygen atoms in total. The third kappa shape index (κ3) is 6.68. The molecule has 0 bridgehead atoms. The second-order valence-corrected chi connectivity index (χ2v) is 6.17. The van der Waals surface area contributed by atoms with Crippen molar-refractivity contribution in [3.8, 4) is 11.5 Å². The van der Waals surface area contributed by atoms with E-state index in [1.54, 1.807) is 14.2 Å². The summed E-state index contributed by atoms with van der Waals surface area (Å²) in [6.07, 6.45) is 1.02. The molecule has 1 aromatic rings. The van der Waals surface area contributed by atoms with Crippen LogP contribution in [0.2, 0.25) is 0 Å². The lowest BCUT2D eigenvalue weighted by Crippen LogP contribution is -2.17. The van der Waals surface area contributed by atoms with Crippen LogP contribution in [0.5, 0.6) is 11.5 Å². The van der Waals surface area contributed by atoms with Crippen molar-refractivity contribution in [1.82, 2.24) is 5.32 Å². The summed E-state index contributed by atoms with van der Waals surface area (Å²) in [6.45, 7) is 7.69. The lowest BCUT2D eigenvalue weighted by atomic mass is 10.2. The van der Waals surface area contributed by atoms with Crippen molar-refractivity contribution in [2.24, 2.45) is 5.92 Å². The van der Waals surface area contributed by atoms with Gasteiger partial charge in [-0.1, -0.05) is 13.8 Å². The number of rotatable bonds is 10. The van der Waals surface area contributed by atoms with Crippen molar-refractivity contribution in [2.75, 3.05) is 34.0 Å². The zero-order chi connectivity index (χ0) is 15.7. The fourth-order valence-electron chi connectivity index (χ4n) is 1.92. The van der Waals surface area contributed by atoms with E-state index in [0.717, 1.165) is 54.3 Å². The summed E-state index contributed by atoms with van der Waals surface area (Å²) in [5, 5.41) is 3.41. The van der Waals surface area contributed by atoms with Crippen LogP contribution in [0.3, 0.4) is 0 Å². The van der Waals surface area contributed by atoms with Crippen molar-refractivity contribution in [1.29, 1.82) is 0 Å². The smallest absolute Gasteiger partial charge is 0.174 e. The maximum Gasteiger partial charge on any atom is 0.174 e. The van der Waals surface area contributed by atoms with Crippen molar-refractivity contribution in [3.05, 3.63) is 22.2 Å². The zero-order valence-corrected chi connectivity index (χ0v) is 15.0. The molecule has 120 valence electrons. The Bertz CT molecular complexity index is 424. The van der Waals surface area contributed by atoms with Gasteiger partial charge in [0.2, 0.25) is 0 Å². The Kier molecular flexibility index (Phi) is 8.73. The molecular weight excluding hydrogens is 334 g/mol. The molecule has 0 radical (unpaired) electrons. The van der Waals surface area contributed by atoms with E-state index >= 15 is 0 Å². The van der Waals surface area contributed by atoms with Crippen LogP contribution in [0, 0.1) is 5.92 Å². The molecule has 0 amide bonds. The standard InChI is InChI=1S/C16H26BrNO3/c1-12(2)11-21-7-5-6-18-10-13-8-14(17)16(20-4)15(9-13)19-3/h8-9,12,18H,5-7,10-11H2,1-4H3. The van der Waals surface area contributed by atoms with E-state index in [1.807, 2.05) is 12.1 Å². The van der Waals surface area contributed by atoms with Gasteiger partial charge in [0.25, 0.3) is 0 Å². The van der Waals surface area contributed by atoms with Crippen LogP contribution in [0.15, 0.2) is 16.6 Å². The number of hydrogen-bond donors (Lipinski definition) is 1. The first-order valence-corrected chi connectivity index (χ1v) is 8.06. The summed E-state index contributed by atoms with van der Waals surface area (Å²) in [6, 6.07) is 4.04. The topological polar surface area (TPSA) is 39.7 Å². The Morgan fingerprint density at radius 2 is 1.95 bits per heavy atom. The Balaban J connectivity index is 2.34. The molecule has 0 fully saturated rings.